The maximum Gasteiger partial charge on any atom is 0.673 e. The molecule has 2 heterocycles. The van der Waals surface area contributed by atoms with E-state index in [-0.39, 0.29) is 0 Å². The van der Waals surface area contributed by atoms with E-state index in [1.54, 1.807) is 12.4 Å². The molecule has 8 heteroatoms. The van der Waals surface area contributed by atoms with Crippen LogP contribution in [0.5, 0.6) is 0 Å². The van der Waals surface area contributed by atoms with E-state index in [1.165, 1.54) is 23.1 Å². The molecule has 1 aromatic rings. The molecule has 18 heavy (non-hydrogen) atoms. The summed E-state index contributed by atoms with van der Waals surface area (Å²) in [5, 5.41) is 8.59. The molecule has 0 saturated carbocycles. The SMILES string of the molecule is F[B-](F)(F)F.N#C[n+]1ccc(N2CCCC2)cc1. The Morgan fingerprint density at radius 1 is 1.11 bits per heavy atom. The summed E-state index contributed by atoms with van der Waals surface area (Å²) in [5.41, 5.74) is 1.23. The fraction of sp³-hybridized carbons (Fsp3) is 0.400. The Balaban J connectivity index is 0.000000280. The van der Waals surface area contributed by atoms with Crippen molar-refractivity contribution in [1.82, 2.24) is 0 Å². The number of rotatable bonds is 1. The smallest absolute Gasteiger partial charge is 0.418 e. The van der Waals surface area contributed by atoms with Crippen molar-refractivity contribution in [3.05, 3.63) is 24.5 Å². The zero-order chi connectivity index (χ0) is 13.6. The Morgan fingerprint density at radius 2 is 1.56 bits per heavy atom. The molecule has 0 bridgehead atoms. The molecule has 1 aromatic heterocycles. The fourth-order valence-corrected chi connectivity index (χ4v) is 1.67. The Bertz CT molecular complexity index is 401. The standard InChI is InChI=1S/C10H12N3.BF4/c11-9-12-7-3-10(4-8-12)13-5-1-2-6-13;2-1(3,4)5/h3-4,7-8H,1-2,5-6H2;/q+1;-1. The van der Waals surface area contributed by atoms with E-state index in [0.717, 1.165) is 13.1 Å². The molecule has 0 N–H and O–H groups in total. The molecule has 1 aliphatic rings. The third kappa shape index (κ3) is 5.52. The van der Waals surface area contributed by atoms with E-state index in [9.17, 15) is 17.3 Å². The number of hydrogen-bond acceptors (Lipinski definition) is 2. The van der Waals surface area contributed by atoms with Crippen molar-refractivity contribution in [2.45, 2.75) is 12.8 Å². The van der Waals surface area contributed by atoms with Crippen LogP contribution in [0.15, 0.2) is 24.5 Å². The molecule has 0 amide bonds. The average molecular weight is 261 g/mol. The van der Waals surface area contributed by atoms with Crippen LogP contribution in [0.4, 0.5) is 23.0 Å². The highest BCUT2D eigenvalue weighted by Gasteiger charge is 2.20. The molecule has 3 nitrogen and oxygen atoms in total. The quantitative estimate of drug-likeness (QED) is 0.441. The highest BCUT2D eigenvalue weighted by molar-refractivity contribution is 6.50. The van der Waals surface area contributed by atoms with Crippen molar-refractivity contribution in [1.29, 1.82) is 5.26 Å². The van der Waals surface area contributed by atoms with E-state index in [2.05, 4.69) is 4.90 Å². The van der Waals surface area contributed by atoms with Crippen molar-refractivity contribution in [3.63, 3.8) is 0 Å². The second-order valence-corrected chi connectivity index (χ2v) is 3.75. The molecule has 0 radical (unpaired) electrons. The lowest BCUT2D eigenvalue weighted by atomic mass is 10.3. The summed E-state index contributed by atoms with van der Waals surface area (Å²) in [7, 11) is -6.00. The van der Waals surface area contributed by atoms with Crippen LogP contribution in [0.3, 0.4) is 0 Å². The zero-order valence-corrected chi connectivity index (χ0v) is 9.57. The Hall–Kier alpha value is -1.78. The maximum atomic E-state index is 9.75. The van der Waals surface area contributed by atoms with Gasteiger partial charge in [-0.1, -0.05) is 0 Å². The van der Waals surface area contributed by atoms with Gasteiger partial charge in [-0.25, -0.2) is 0 Å². The molecule has 0 atom stereocenters. The van der Waals surface area contributed by atoms with E-state index in [1.807, 2.05) is 18.3 Å². The normalized spacial score (nSPS) is 14.7. The number of halogens is 4. The van der Waals surface area contributed by atoms with Crippen LogP contribution in [0, 0.1) is 11.5 Å². The molecule has 0 unspecified atom stereocenters. The van der Waals surface area contributed by atoms with E-state index in [0.29, 0.717) is 0 Å². The third-order valence-corrected chi connectivity index (χ3v) is 2.40. The van der Waals surface area contributed by atoms with Gasteiger partial charge in [-0.2, -0.15) is 0 Å². The Morgan fingerprint density at radius 3 is 1.94 bits per heavy atom. The summed E-state index contributed by atoms with van der Waals surface area (Å²) < 4.78 is 40.5. The van der Waals surface area contributed by atoms with Crippen molar-refractivity contribution < 1.29 is 21.8 Å². The number of aromatic nitrogens is 1. The number of pyridine rings is 1. The van der Waals surface area contributed by atoms with Gasteiger partial charge in [0.1, 0.15) is 12.4 Å². The van der Waals surface area contributed by atoms with Crippen molar-refractivity contribution in [2.75, 3.05) is 18.0 Å². The first-order valence-electron chi connectivity index (χ1n) is 5.44. The summed E-state index contributed by atoms with van der Waals surface area (Å²) in [4.78, 5) is 2.35. The summed E-state index contributed by atoms with van der Waals surface area (Å²) >= 11 is 0. The highest BCUT2D eigenvalue weighted by atomic mass is 19.5. The number of hydrogen-bond donors (Lipinski definition) is 0. The molecule has 0 aromatic carbocycles. The van der Waals surface area contributed by atoms with Gasteiger partial charge in [-0.05, 0) is 12.8 Å². The van der Waals surface area contributed by atoms with Crippen molar-refractivity contribution in [2.24, 2.45) is 0 Å². The van der Waals surface area contributed by atoms with Crippen LogP contribution in [0.1, 0.15) is 12.8 Å². The molecular formula is C10H12BF4N3. The molecule has 1 saturated heterocycles. The van der Waals surface area contributed by atoms with Gasteiger partial charge in [0.2, 0.25) is 0 Å². The monoisotopic (exact) mass is 261 g/mol. The first-order valence-corrected chi connectivity index (χ1v) is 5.44. The Labute approximate surface area is 102 Å². The summed E-state index contributed by atoms with van der Waals surface area (Å²) in [6.07, 6.45) is 8.21. The van der Waals surface area contributed by atoms with Crippen LogP contribution >= 0.6 is 0 Å². The van der Waals surface area contributed by atoms with Gasteiger partial charge in [-0.15, -0.1) is 4.57 Å². The number of anilines is 1. The first kappa shape index (κ1) is 14.3. The second-order valence-electron chi connectivity index (χ2n) is 3.75. The predicted octanol–water partition coefficient (Wildman–Crippen LogP) is 2.20. The topological polar surface area (TPSA) is 30.9 Å². The van der Waals surface area contributed by atoms with Crippen LogP contribution < -0.4 is 9.47 Å². The van der Waals surface area contributed by atoms with Gasteiger partial charge in [0, 0.05) is 30.9 Å². The van der Waals surface area contributed by atoms with Gasteiger partial charge in [0.15, 0.2) is 5.26 Å². The van der Waals surface area contributed by atoms with Gasteiger partial charge >= 0.3 is 13.4 Å². The van der Waals surface area contributed by atoms with Gasteiger partial charge in [-0.3, -0.25) is 0 Å². The first-order chi connectivity index (χ1) is 8.40. The van der Waals surface area contributed by atoms with Crippen LogP contribution in [-0.2, 0) is 0 Å². The van der Waals surface area contributed by atoms with E-state index < -0.39 is 7.25 Å². The van der Waals surface area contributed by atoms with Crippen LogP contribution in [-0.4, -0.2) is 20.3 Å². The van der Waals surface area contributed by atoms with Gasteiger partial charge in [0.05, 0.1) is 0 Å². The summed E-state index contributed by atoms with van der Waals surface area (Å²) in [5.74, 6) is 0. The second kappa shape index (κ2) is 6.24. The fourth-order valence-electron chi connectivity index (χ4n) is 1.67. The summed E-state index contributed by atoms with van der Waals surface area (Å²) in [6, 6.07) is 3.99. The molecule has 1 aliphatic heterocycles. The molecule has 98 valence electrons. The minimum absolute atomic E-state index is 1.15. The Kier molecular flexibility index (Phi) is 4.95. The van der Waals surface area contributed by atoms with Crippen LogP contribution in [0.25, 0.3) is 0 Å². The van der Waals surface area contributed by atoms with Crippen molar-refractivity contribution >= 4 is 12.9 Å². The minimum Gasteiger partial charge on any atom is -0.418 e. The van der Waals surface area contributed by atoms with E-state index >= 15 is 0 Å². The molecule has 2 rings (SSSR count). The zero-order valence-electron chi connectivity index (χ0n) is 9.57. The van der Waals surface area contributed by atoms with Crippen LogP contribution in [0.2, 0.25) is 0 Å². The lowest BCUT2D eigenvalue weighted by Gasteiger charge is -2.16. The van der Waals surface area contributed by atoms with Gasteiger partial charge < -0.3 is 22.2 Å². The predicted molar refractivity (Wildman–Crippen MR) is 59.3 cm³/mol. The van der Waals surface area contributed by atoms with Gasteiger partial charge in [0.25, 0.3) is 0 Å². The molecule has 0 spiro atoms. The minimum atomic E-state index is -6.00. The number of nitrogens with zero attached hydrogens (tertiary/aromatic N) is 3. The number of nitriles is 1. The largest absolute Gasteiger partial charge is 0.673 e. The highest BCUT2D eigenvalue weighted by Crippen LogP contribution is 2.17. The lowest BCUT2D eigenvalue weighted by molar-refractivity contribution is -0.586. The average Bonchev–Trinajstić information content (AvgIpc) is 2.80. The van der Waals surface area contributed by atoms with Crippen molar-refractivity contribution in [3.8, 4) is 6.19 Å². The molecule has 1 fully saturated rings. The summed E-state index contributed by atoms with van der Waals surface area (Å²) in [6.45, 7) is 2.30. The third-order valence-electron chi connectivity index (χ3n) is 2.40. The maximum absolute atomic E-state index is 9.75. The molecule has 0 aliphatic carbocycles. The molecular weight excluding hydrogens is 249 g/mol. The lowest BCUT2D eigenvalue weighted by Crippen LogP contribution is -2.27. The van der Waals surface area contributed by atoms with E-state index in [4.69, 9.17) is 5.26 Å².